The van der Waals surface area contributed by atoms with Crippen molar-refractivity contribution in [2.75, 3.05) is 11.1 Å². The van der Waals surface area contributed by atoms with Crippen LogP contribution in [-0.2, 0) is 0 Å². The van der Waals surface area contributed by atoms with E-state index in [2.05, 4.69) is 19.2 Å². The Morgan fingerprint density at radius 1 is 1.50 bits per heavy atom. The van der Waals surface area contributed by atoms with Crippen LogP contribution in [0, 0.1) is 0 Å². The molecule has 0 fully saturated rings. The van der Waals surface area contributed by atoms with Gasteiger partial charge in [0.25, 0.3) is 0 Å². The number of benzene rings is 1. The second-order valence-corrected chi connectivity index (χ2v) is 4.00. The second kappa shape index (κ2) is 5.11. The van der Waals surface area contributed by atoms with Crippen LogP contribution in [0.5, 0.6) is 0 Å². The van der Waals surface area contributed by atoms with Gasteiger partial charge in [-0.25, -0.2) is 0 Å². The first kappa shape index (κ1) is 11.2. The minimum absolute atomic E-state index is 0.448. The molecule has 78 valence electrons. The first-order valence-corrected chi connectivity index (χ1v) is 5.33. The number of anilines is 2. The van der Waals surface area contributed by atoms with Gasteiger partial charge in [-0.15, -0.1) is 0 Å². The van der Waals surface area contributed by atoms with Gasteiger partial charge in [0.15, 0.2) is 0 Å². The molecule has 14 heavy (non-hydrogen) atoms. The largest absolute Gasteiger partial charge is 0.397 e. The van der Waals surface area contributed by atoms with E-state index >= 15 is 0 Å². The highest BCUT2D eigenvalue weighted by molar-refractivity contribution is 6.31. The summed E-state index contributed by atoms with van der Waals surface area (Å²) in [6.07, 6.45) is 2.31. The van der Waals surface area contributed by atoms with Crippen LogP contribution in [0.1, 0.15) is 26.7 Å². The molecular weight excluding hydrogens is 196 g/mol. The Morgan fingerprint density at radius 3 is 2.79 bits per heavy atom. The van der Waals surface area contributed by atoms with Crippen LogP contribution in [0.3, 0.4) is 0 Å². The minimum atomic E-state index is 0.448. The zero-order valence-electron chi connectivity index (χ0n) is 8.68. The minimum Gasteiger partial charge on any atom is -0.397 e. The second-order valence-electron chi connectivity index (χ2n) is 3.57. The van der Waals surface area contributed by atoms with Gasteiger partial charge < -0.3 is 11.1 Å². The van der Waals surface area contributed by atoms with E-state index in [4.69, 9.17) is 17.3 Å². The summed E-state index contributed by atoms with van der Waals surface area (Å²) in [5, 5.41) is 4.03. The summed E-state index contributed by atoms with van der Waals surface area (Å²) in [6, 6.07) is 5.98. The molecule has 0 amide bonds. The van der Waals surface area contributed by atoms with Crippen LogP contribution in [0.25, 0.3) is 0 Å². The van der Waals surface area contributed by atoms with Crippen molar-refractivity contribution >= 4 is 23.0 Å². The molecule has 0 spiro atoms. The molecule has 0 aromatic heterocycles. The number of hydrogen-bond donors (Lipinski definition) is 2. The van der Waals surface area contributed by atoms with Gasteiger partial charge in [-0.3, -0.25) is 0 Å². The topological polar surface area (TPSA) is 38.0 Å². The van der Waals surface area contributed by atoms with Crippen molar-refractivity contribution < 1.29 is 0 Å². The maximum Gasteiger partial charge on any atom is 0.0577 e. The molecule has 0 saturated carbocycles. The fourth-order valence-corrected chi connectivity index (χ4v) is 1.62. The maximum atomic E-state index is 5.82. The number of rotatable bonds is 4. The molecule has 0 radical (unpaired) electrons. The van der Waals surface area contributed by atoms with Crippen LogP contribution in [0.2, 0.25) is 5.02 Å². The lowest BCUT2D eigenvalue weighted by Crippen LogP contribution is -2.15. The van der Waals surface area contributed by atoms with Crippen molar-refractivity contribution in [3.8, 4) is 0 Å². The summed E-state index contributed by atoms with van der Waals surface area (Å²) in [4.78, 5) is 0. The van der Waals surface area contributed by atoms with Crippen molar-refractivity contribution in [1.29, 1.82) is 0 Å². The highest BCUT2D eigenvalue weighted by atomic mass is 35.5. The first-order valence-electron chi connectivity index (χ1n) is 4.95. The van der Waals surface area contributed by atoms with Crippen molar-refractivity contribution in [2.45, 2.75) is 32.7 Å². The lowest BCUT2D eigenvalue weighted by atomic mass is 10.2. The lowest BCUT2D eigenvalue weighted by Gasteiger charge is -2.15. The van der Waals surface area contributed by atoms with E-state index in [9.17, 15) is 0 Å². The van der Waals surface area contributed by atoms with Gasteiger partial charge in [-0.1, -0.05) is 24.9 Å². The molecule has 0 aliphatic carbocycles. The van der Waals surface area contributed by atoms with Crippen molar-refractivity contribution in [3.05, 3.63) is 23.2 Å². The molecule has 0 aliphatic heterocycles. The van der Waals surface area contributed by atoms with Crippen LogP contribution < -0.4 is 11.1 Å². The molecule has 1 atom stereocenters. The third-order valence-corrected chi connectivity index (χ3v) is 2.37. The number of nitrogens with two attached hydrogens (primary N) is 1. The Morgan fingerprint density at radius 2 is 2.21 bits per heavy atom. The first-order chi connectivity index (χ1) is 6.63. The van der Waals surface area contributed by atoms with E-state index in [0.29, 0.717) is 16.8 Å². The van der Waals surface area contributed by atoms with E-state index in [1.165, 1.54) is 6.42 Å². The number of halogens is 1. The predicted molar refractivity (Wildman–Crippen MR) is 63.9 cm³/mol. The predicted octanol–water partition coefficient (Wildman–Crippen LogP) is 3.52. The monoisotopic (exact) mass is 212 g/mol. The number of nitrogens with one attached hydrogen (secondary N) is 1. The smallest absolute Gasteiger partial charge is 0.0577 e. The van der Waals surface area contributed by atoms with Gasteiger partial charge in [0.2, 0.25) is 0 Å². The van der Waals surface area contributed by atoms with Crippen LogP contribution in [0.4, 0.5) is 11.4 Å². The molecular formula is C11H17ClN2. The molecule has 1 aromatic rings. The Labute approximate surface area is 90.4 Å². The molecule has 1 unspecified atom stereocenters. The maximum absolute atomic E-state index is 5.82. The molecule has 1 rings (SSSR count). The zero-order chi connectivity index (χ0) is 10.6. The fraction of sp³-hybridized carbons (Fsp3) is 0.455. The Bertz CT molecular complexity index is 299. The molecule has 2 nitrogen and oxygen atoms in total. The van der Waals surface area contributed by atoms with Crippen molar-refractivity contribution in [2.24, 2.45) is 0 Å². The highest BCUT2D eigenvalue weighted by Crippen LogP contribution is 2.23. The molecule has 0 saturated heterocycles. The fourth-order valence-electron chi connectivity index (χ4n) is 1.44. The van der Waals surface area contributed by atoms with Gasteiger partial charge >= 0.3 is 0 Å². The third-order valence-electron chi connectivity index (χ3n) is 2.14. The summed E-state index contributed by atoms with van der Waals surface area (Å²) in [5.41, 5.74) is 7.50. The van der Waals surface area contributed by atoms with Crippen LogP contribution in [-0.4, -0.2) is 6.04 Å². The average molecular weight is 213 g/mol. The Balaban J connectivity index is 2.67. The molecule has 0 heterocycles. The van der Waals surface area contributed by atoms with E-state index in [-0.39, 0.29) is 0 Å². The standard InChI is InChI=1S/C11H17ClN2/c1-3-4-8(2)14-11-6-5-9(12)7-10(11)13/h5-8,14H,3-4,13H2,1-2H3. The van der Waals surface area contributed by atoms with E-state index in [1.807, 2.05) is 12.1 Å². The van der Waals surface area contributed by atoms with Gasteiger partial charge in [0, 0.05) is 11.1 Å². The van der Waals surface area contributed by atoms with Gasteiger partial charge in [-0.05, 0) is 31.5 Å². The average Bonchev–Trinajstić information content (AvgIpc) is 2.10. The summed E-state index contributed by atoms with van der Waals surface area (Å²) < 4.78 is 0. The molecule has 1 aromatic carbocycles. The summed E-state index contributed by atoms with van der Waals surface area (Å²) in [7, 11) is 0. The Hall–Kier alpha value is -0.890. The molecule has 0 aliphatic rings. The van der Waals surface area contributed by atoms with Gasteiger partial charge in [0.05, 0.1) is 11.4 Å². The zero-order valence-corrected chi connectivity index (χ0v) is 9.43. The SMILES string of the molecule is CCCC(C)Nc1ccc(Cl)cc1N. The molecule has 0 bridgehead atoms. The quantitative estimate of drug-likeness (QED) is 0.750. The Kier molecular flexibility index (Phi) is 4.08. The van der Waals surface area contributed by atoms with E-state index < -0.39 is 0 Å². The number of hydrogen-bond acceptors (Lipinski definition) is 2. The molecule has 3 N–H and O–H groups in total. The van der Waals surface area contributed by atoms with Crippen LogP contribution >= 0.6 is 11.6 Å². The molecule has 3 heteroatoms. The summed E-state index contributed by atoms with van der Waals surface area (Å²) in [5.74, 6) is 0. The lowest BCUT2D eigenvalue weighted by molar-refractivity contribution is 0.691. The van der Waals surface area contributed by atoms with Crippen LogP contribution in [0.15, 0.2) is 18.2 Å². The highest BCUT2D eigenvalue weighted by Gasteiger charge is 2.03. The van der Waals surface area contributed by atoms with Gasteiger partial charge in [-0.2, -0.15) is 0 Å². The van der Waals surface area contributed by atoms with E-state index in [0.717, 1.165) is 12.1 Å². The normalized spacial score (nSPS) is 12.5. The van der Waals surface area contributed by atoms with Crippen molar-refractivity contribution in [3.63, 3.8) is 0 Å². The summed E-state index contributed by atoms with van der Waals surface area (Å²) >= 11 is 5.81. The summed E-state index contributed by atoms with van der Waals surface area (Å²) in [6.45, 7) is 4.32. The third kappa shape index (κ3) is 3.11. The van der Waals surface area contributed by atoms with Crippen molar-refractivity contribution in [1.82, 2.24) is 0 Å². The van der Waals surface area contributed by atoms with E-state index in [1.54, 1.807) is 6.07 Å². The van der Waals surface area contributed by atoms with Gasteiger partial charge in [0.1, 0.15) is 0 Å². The number of nitrogen functional groups attached to an aromatic ring is 1.